The highest BCUT2D eigenvalue weighted by molar-refractivity contribution is 7.89. The normalized spacial score (nSPS) is 14.0. The van der Waals surface area contributed by atoms with Gasteiger partial charge in [0.15, 0.2) is 0 Å². The lowest BCUT2D eigenvalue weighted by Gasteiger charge is -2.24. The molecule has 1 unspecified atom stereocenters. The molecule has 0 aliphatic carbocycles. The van der Waals surface area contributed by atoms with Crippen LogP contribution in [0.3, 0.4) is 0 Å². The monoisotopic (exact) mass is 304 g/mol. The zero-order chi connectivity index (χ0) is 14.6. The Morgan fingerprint density at radius 1 is 1.42 bits per heavy atom. The number of sulfonamides is 1. The fourth-order valence-corrected chi connectivity index (χ4v) is 5.20. The minimum absolute atomic E-state index is 0.272. The molecule has 0 fully saturated rings. The van der Waals surface area contributed by atoms with Gasteiger partial charge in [0.2, 0.25) is 10.0 Å². The van der Waals surface area contributed by atoms with E-state index in [4.69, 9.17) is 5.73 Å². The maximum Gasteiger partial charge on any atom is 0.244 e. The van der Waals surface area contributed by atoms with Gasteiger partial charge in [-0.15, -0.1) is 11.3 Å². The predicted octanol–water partition coefficient (Wildman–Crippen LogP) is 2.57. The molecule has 0 saturated carbocycles. The molecule has 2 N–H and O–H groups in total. The van der Waals surface area contributed by atoms with E-state index in [1.807, 2.05) is 19.2 Å². The van der Waals surface area contributed by atoms with Crippen LogP contribution in [0.4, 0.5) is 0 Å². The highest BCUT2D eigenvalue weighted by Gasteiger charge is 2.29. The number of nitrogens with two attached hydrogens (primary N) is 1. The molecule has 19 heavy (non-hydrogen) atoms. The van der Waals surface area contributed by atoms with E-state index in [2.05, 4.69) is 13.8 Å². The first-order valence-corrected chi connectivity index (χ1v) is 8.97. The van der Waals surface area contributed by atoms with Crippen LogP contribution in [-0.2, 0) is 16.6 Å². The minimum Gasteiger partial charge on any atom is -0.326 e. The summed E-state index contributed by atoms with van der Waals surface area (Å²) in [6, 6.07) is 0. The van der Waals surface area contributed by atoms with Gasteiger partial charge in [-0.05, 0) is 23.8 Å². The second-order valence-electron chi connectivity index (χ2n) is 4.84. The summed E-state index contributed by atoms with van der Waals surface area (Å²) >= 11 is 1.42. The van der Waals surface area contributed by atoms with Crippen LogP contribution >= 0.6 is 11.3 Å². The predicted molar refractivity (Wildman–Crippen MR) is 80.8 cm³/mol. The Kier molecular flexibility index (Phi) is 5.98. The topological polar surface area (TPSA) is 63.4 Å². The molecule has 0 aromatic carbocycles. The van der Waals surface area contributed by atoms with Crippen molar-refractivity contribution in [2.45, 2.75) is 45.6 Å². The van der Waals surface area contributed by atoms with E-state index in [0.29, 0.717) is 23.9 Å². The number of nitrogens with zero attached hydrogens (tertiary/aromatic N) is 1. The van der Waals surface area contributed by atoms with Gasteiger partial charge in [-0.1, -0.05) is 27.2 Å². The van der Waals surface area contributed by atoms with Gasteiger partial charge in [-0.2, -0.15) is 4.31 Å². The average Bonchev–Trinajstić information content (AvgIpc) is 2.76. The van der Waals surface area contributed by atoms with E-state index in [1.165, 1.54) is 11.3 Å². The smallest absolute Gasteiger partial charge is 0.244 e. The summed E-state index contributed by atoms with van der Waals surface area (Å²) in [4.78, 5) is 1.17. The van der Waals surface area contributed by atoms with Crippen LogP contribution in [0.15, 0.2) is 10.3 Å². The van der Waals surface area contributed by atoms with Crippen LogP contribution in [0.5, 0.6) is 0 Å². The lowest BCUT2D eigenvalue weighted by molar-refractivity contribution is 0.361. The largest absolute Gasteiger partial charge is 0.326 e. The second-order valence-corrected chi connectivity index (χ2v) is 7.68. The molecule has 0 amide bonds. The zero-order valence-electron chi connectivity index (χ0n) is 12.1. The van der Waals surface area contributed by atoms with Crippen LogP contribution in [0.25, 0.3) is 0 Å². The van der Waals surface area contributed by atoms with Crippen molar-refractivity contribution in [3.63, 3.8) is 0 Å². The first kappa shape index (κ1) is 16.6. The minimum atomic E-state index is -3.42. The molecular weight excluding hydrogens is 280 g/mol. The molecule has 1 aromatic heterocycles. The van der Waals surface area contributed by atoms with E-state index in [1.54, 1.807) is 4.31 Å². The van der Waals surface area contributed by atoms with Crippen LogP contribution in [0, 0.1) is 12.8 Å². The van der Waals surface area contributed by atoms with E-state index in [9.17, 15) is 8.42 Å². The van der Waals surface area contributed by atoms with Gasteiger partial charge in [0.05, 0.1) is 0 Å². The van der Waals surface area contributed by atoms with Gasteiger partial charge in [0.1, 0.15) is 4.90 Å². The average molecular weight is 304 g/mol. The fourth-order valence-electron chi connectivity index (χ4n) is 1.98. The van der Waals surface area contributed by atoms with Crippen molar-refractivity contribution in [3.05, 3.63) is 15.8 Å². The highest BCUT2D eigenvalue weighted by atomic mass is 32.2. The van der Waals surface area contributed by atoms with Crippen LogP contribution in [0.2, 0.25) is 0 Å². The SMILES string of the molecule is CCC(C)CN(CC)S(=O)(=O)c1c(C)csc1CN. The number of hydrogen-bond acceptors (Lipinski definition) is 4. The number of rotatable bonds is 7. The maximum absolute atomic E-state index is 12.8. The van der Waals surface area contributed by atoms with Crippen molar-refractivity contribution in [1.29, 1.82) is 0 Å². The van der Waals surface area contributed by atoms with Crippen LogP contribution in [0.1, 0.15) is 37.6 Å². The van der Waals surface area contributed by atoms with Crippen molar-refractivity contribution >= 4 is 21.4 Å². The molecule has 0 aliphatic heterocycles. The fraction of sp³-hybridized carbons (Fsp3) is 0.692. The van der Waals surface area contributed by atoms with Gasteiger partial charge in [0, 0.05) is 24.5 Å². The van der Waals surface area contributed by atoms with E-state index < -0.39 is 10.0 Å². The number of thiophene rings is 1. The third-order valence-electron chi connectivity index (χ3n) is 3.34. The molecule has 0 aliphatic rings. The summed E-state index contributed by atoms with van der Waals surface area (Å²) in [5.74, 6) is 0.356. The summed E-state index contributed by atoms with van der Waals surface area (Å²) in [6.45, 7) is 9.19. The summed E-state index contributed by atoms with van der Waals surface area (Å²) < 4.78 is 27.1. The molecular formula is C13H24N2O2S2. The Morgan fingerprint density at radius 3 is 2.53 bits per heavy atom. The molecule has 4 nitrogen and oxygen atoms in total. The van der Waals surface area contributed by atoms with Gasteiger partial charge >= 0.3 is 0 Å². The molecule has 1 heterocycles. The van der Waals surface area contributed by atoms with Gasteiger partial charge in [-0.25, -0.2) is 8.42 Å². The molecule has 0 bridgehead atoms. The summed E-state index contributed by atoms with van der Waals surface area (Å²) in [7, 11) is -3.42. The molecule has 6 heteroatoms. The van der Waals surface area contributed by atoms with E-state index >= 15 is 0 Å². The Balaban J connectivity index is 3.17. The zero-order valence-corrected chi connectivity index (χ0v) is 13.8. The van der Waals surface area contributed by atoms with Crippen molar-refractivity contribution < 1.29 is 8.42 Å². The first-order chi connectivity index (χ1) is 8.88. The highest BCUT2D eigenvalue weighted by Crippen LogP contribution is 2.29. The van der Waals surface area contributed by atoms with Gasteiger partial charge in [-0.3, -0.25) is 0 Å². The number of hydrogen-bond donors (Lipinski definition) is 1. The Hall–Kier alpha value is -0.430. The van der Waals surface area contributed by atoms with Crippen molar-refractivity contribution in [2.75, 3.05) is 13.1 Å². The molecule has 1 atom stereocenters. The molecule has 0 saturated heterocycles. The summed E-state index contributed by atoms with van der Waals surface area (Å²) in [5.41, 5.74) is 6.46. The van der Waals surface area contributed by atoms with Gasteiger partial charge < -0.3 is 5.73 Å². The quantitative estimate of drug-likeness (QED) is 0.842. The number of aryl methyl sites for hydroxylation is 1. The van der Waals surface area contributed by atoms with Crippen molar-refractivity contribution in [2.24, 2.45) is 11.7 Å². The van der Waals surface area contributed by atoms with Crippen LogP contribution in [-0.4, -0.2) is 25.8 Å². The molecule has 0 radical (unpaired) electrons. The van der Waals surface area contributed by atoms with Gasteiger partial charge in [0.25, 0.3) is 0 Å². The third kappa shape index (κ3) is 3.56. The van der Waals surface area contributed by atoms with E-state index in [-0.39, 0.29) is 6.54 Å². The second kappa shape index (κ2) is 6.83. The van der Waals surface area contributed by atoms with Crippen molar-refractivity contribution in [1.82, 2.24) is 4.31 Å². The molecule has 0 spiro atoms. The lowest BCUT2D eigenvalue weighted by Crippen LogP contribution is -2.35. The molecule has 1 rings (SSSR count). The Morgan fingerprint density at radius 2 is 2.05 bits per heavy atom. The third-order valence-corrected chi connectivity index (χ3v) is 6.76. The summed E-state index contributed by atoms with van der Waals surface area (Å²) in [5, 5.41) is 1.87. The molecule has 110 valence electrons. The Labute approximate surface area is 120 Å². The lowest BCUT2D eigenvalue weighted by atomic mass is 10.1. The first-order valence-electron chi connectivity index (χ1n) is 6.65. The van der Waals surface area contributed by atoms with Crippen molar-refractivity contribution in [3.8, 4) is 0 Å². The maximum atomic E-state index is 12.8. The summed E-state index contributed by atoms with van der Waals surface area (Å²) in [6.07, 6.45) is 0.971. The standard InChI is InChI=1S/C13H24N2O2S2/c1-5-10(3)8-15(6-2)19(16,17)13-11(4)9-18-12(13)7-14/h9-10H,5-8,14H2,1-4H3. The Bertz CT molecular complexity index is 509. The van der Waals surface area contributed by atoms with E-state index in [0.717, 1.165) is 16.9 Å². The molecule has 1 aromatic rings. The van der Waals surface area contributed by atoms with Crippen LogP contribution < -0.4 is 5.73 Å².